The van der Waals surface area contributed by atoms with Gasteiger partial charge in [-0.2, -0.15) is 0 Å². The lowest BCUT2D eigenvalue weighted by atomic mass is 10.2. The average Bonchev–Trinajstić information content (AvgIpc) is 2.67. The molecule has 8 heteroatoms. The van der Waals surface area contributed by atoms with Gasteiger partial charge in [0.1, 0.15) is 12.0 Å². The van der Waals surface area contributed by atoms with Crippen molar-refractivity contribution in [3.63, 3.8) is 0 Å². The second-order valence-corrected chi connectivity index (χ2v) is 6.24. The van der Waals surface area contributed by atoms with E-state index in [9.17, 15) is 4.79 Å². The van der Waals surface area contributed by atoms with Gasteiger partial charge >= 0.3 is 0 Å². The quantitative estimate of drug-likeness (QED) is 0.463. The van der Waals surface area contributed by atoms with Crippen LogP contribution in [0.3, 0.4) is 0 Å². The molecule has 0 aliphatic carbocycles. The van der Waals surface area contributed by atoms with E-state index in [1.807, 2.05) is 36.4 Å². The molecule has 7 nitrogen and oxygen atoms in total. The van der Waals surface area contributed by atoms with E-state index in [2.05, 4.69) is 42.1 Å². The van der Waals surface area contributed by atoms with Crippen molar-refractivity contribution >= 4 is 39.2 Å². The summed E-state index contributed by atoms with van der Waals surface area (Å²) in [6.07, 6.45) is 1.37. The van der Waals surface area contributed by atoms with Crippen LogP contribution in [0.5, 0.6) is 0 Å². The van der Waals surface area contributed by atoms with Crippen LogP contribution in [0.25, 0.3) is 0 Å². The van der Waals surface area contributed by atoms with Crippen molar-refractivity contribution in [2.75, 3.05) is 16.5 Å². The van der Waals surface area contributed by atoms with Gasteiger partial charge in [-0.05, 0) is 33.6 Å². The smallest absolute Gasteiger partial charge is 0.270 e. The minimum Gasteiger partial charge on any atom is -0.393 e. The summed E-state index contributed by atoms with van der Waals surface area (Å²) >= 11 is 3.34. The number of halogens is 1. The molecular weight excluding hydrogens is 396 g/mol. The van der Waals surface area contributed by atoms with Crippen LogP contribution in [0.2, 0.25) is 0 Å². The highest BCUT2D eigenvalue weighted by atomic mass is 79.9. The highest BCUT2D eigenvalue weighted by molar-refractivity contribution is 9.10. The maximum atomic E-state index is 12.2. The van der Waals surface area contributed by atoms with Crippen molar-refractivity contribution in [3.8, 4) is 0 Å². The van der Waals surface area contributed by atoms with Crippen molar-refractivity contribution in [2.45, 2.75) is 6.54 Å². The highest BCUT2D eigenvalue weighted by Crippen LogP contribution is 2.22. The second kappa shape index (κ2) is 8.30. The van der Waals surface area contributed by atoms with Crippen LogP contribution in [-0.2, 0) is 6.54 Å². The summed E-state index contributed by atoms with van der Waals surface area (Å²) in [6, 6.07) is 17.0. The Morgan fingerprint density at radius 2 is 1.69 bits per heavy atom. The molecule has 0 unspecified atom stereocenters. The zero-order valence-corrected chi connectivity index (χ0v) is 15.3. The molecular formula is C18H17BrN6O. The first-order chi connectivity index (χ1) is 12.6. The summed E-state index contributed by atoms with van der Waals surface area (Å²) in [7, 11) is 0. The zero-order chi connectivity index (χ0) is 18.4. The van der Waals surface area contributed by atoms with Gasteiger partial charge in [0.15, 0.2) is 11.6 Å². The number of hydrazine groups is 1. The first-order valence-corrected chi connectivity index (χ1v) is 8.63. The number of nitrogen functional groups attached to an aromatic ring is 1. The fraction of sp³-hybridized carbons (Fsp3) is 0.0556. The van der Waals surface area contributed by atoms with Crippen LogP contribution in [0, 0.1) is 0 Å². The molecule has 1 aromatic heterocycles. The largest absolute Gasteiger partial charge is 0.393 e. The van der Waals surface area contributed by atoms with Crippen LogP contribution in [0.4, 0.5) is 17.3 Å². The van der Waals surface area contributed by atoms with E-state index in [4.69, 9.17) is 5.73 Å². The van der Waals surface area contributed by atoms with Crippen LogP contribution in [-0.4, -0.2) is 15.9 Å². The predicted octanol–water partition coefficient (Wildman–Crippen LogP) is 3.19. The topological polar surface area (TPSA) is 105 Å². The monoisotopic (exact) mass is 412 g/mol. The van der Waals surface area contributed by atoms with E-state index in [0.717, 1.165) is 5.56 Å². The summed E-state index contributed by atoms with van der Waals surface area (Å²) in [5, 5.41) is 3.16. The number of carbonyl (C=O) groups excluding carboxylic acids is 1. The zero-order valence-electron chi connectivity index (χ0n) is 13.7. The summed E-state index contributed by atoms with van der Waals surface area (Å²) < 4.78 is 0.695. The highest BCUT2D eigenvalue weighted by Gasteiger charge is 2.11. The van der Waals surface area contributed by atoms with Crippen LogP contribution in [0.15, 0.2) is 65.4 Å². The van der Waals surface area contributed by atoms with Gasteiger partial charge in [-0.15, -0.1) is 0 Å². The third-order valence-corrected chi connectivity index (χ3v) is 4.29. The van der Waals surface area contributed by atoms with Crippen LogP contribution < -0.4 is 21.9 Å². The molecule has 132 valence electrons. The number of hydrogen-bond acceptors (Lipinski definition) is 6. The summed E-state index contributed by atoms with van der Waals surface area (Å²) in [4.78, 5) is 20.5. The number of benzene rings is 2. The number of nitrogens with two attached hydrogens (primary N) is 1. The number of anilines is 3. The SMILES string of the molecule is Nc1c(NCc2ccccc2)ncnc1NNC(=O)c1ccccc1Br. The molecule has 0 radical (unpaired) electrons. The van der Waals surface area contributed by atoms with Crippen molar-refractivity contribution < 1.29 is 4.79 Å². The number of carbonyl (C=O) groups is 1. The number of aromatic nitrogens is 2. The number of nitrogens with one attached hydrogen (secondary N) is 3. The van der Waals surface area contributed by atoms with Gasteiger partial charge in [-0.25, -0.2) is 9.97 Å². The van der Waals surface area contributed by atoms with Crippen molar-refractivity contribution in [2.24, 2.45) is 0 Å². The molecule has 0 atom stereocenters. The Balaban J connectivity index is 1.65. The third kappa shape index (κ3) is 4.28. The fourth-order valence-corrected chi connectivity index (χ4v) is 2.71. The van der Waals surface area contributed by atoms with Crippen LogP contribution >= 0.6 is 15.9 Å². The van der Waals surface area contributed by atoms with E-state index in [-0.39, 0.29) is 5.91 Å². The molecule has 0 aliphatic heterocycles. The first-order valence-electron chi connectivity index (χ1n) is 7.84. The van der Waals surface area contributed by atoms with Gasteiger partial charge in [0.25, 0.3) is 5.91 Å². The Labute approximate surface area is 159 Å². The molecule has 0 fully saturated rings. The lowest BCUT2D eigenvalue weighted by Gasteiger charge is -2.13. The molecule has 5 N–H and O–H groups in total. The minimum atomic E-state index is -0.311. The number of hydrogen-bond donors (Lipinski definition) is 4. The Bertz CT molecular complexity index is 903. The van der Waals surface area contributed by atoms with E-state index >= 15 is 0 Å². The molecule has 1 amide bonds. The number of rotatable bonds is 6. The summed E-state index contributed by atoms with van der Waals surface area (Å²) in [6.45, 7) is 0.574. The lowest BCUT2D eigenvalue weighted by molar-refractivity contribution is 0.0962. The van der Waals surface area contributed by atoms with Gasteiger partial charge in [0.2, 0.25) is 0 Å². The average molecular weight is 413 g/mol. The maximum absolute atomic E-state index is 12.2. The third-order valence-electron chi connectivity index (χ3n) is 3.60. The van der Waals surface area contributed by atoms with Gasteiger partial charge in [-0.1, -0.05) is 42.5 Å². The minimum absolute atomic E-state index is 0.311. The Morgan fingerprint density at radius 1 is 1.00 bits per heavy atom. The summed E-state index contributed by atoms with van der Waals surface area (Å²) in [5.74, 6) is 0.492. The molecule has 0 aliphatic rings. The van der Waals surface area contributed by atoms with Gasteiger partial charge < -0.3 is 11.1 Å². The number of amides is 1. The first kappa shape index (κ1) is 17.7. The standard InChI is InChI=1S/C18H17BrN6O/c19-14-9-5-4-8-13(14)18(26)25-24-17-15(20)16(22-11-23-17)21-10-12-6-2-1-3-7-12/h1-9,11H,10,20H2,(H,25,26)(H2,21,22,23,24). The molecule has 0 saturated heterocycles. The van der Waals surface area contributed by atoms with Crippen molar-refractivity contribution in [1.29, 1.82) is 0 Å². The predicted molar refractivity (Wildman–Crippen MR) is 105 cm³/mol. The lowest BCUT2D eigenvalue weighted by Crippen LogP contribution is -2.30. The molecule has 1 heterocycles. The summed E-state index contributed by atoms with van der Waals surface area (Å²) in [5.41, 5.74) is 13.3. The Hall–Kier alpha value is -3.13. The van der Waals surface area contributed by atoms with Crippen molar-refractivity contribution in [1.82, 2.24) is 15.4 Å². The van der Waals surface area contributed by atoms with Gasteiger partial charge in [-0.3, -0.25) is 15.6 Å². The maximum Gasteiger partial charge on any atom is 0.270 e. The Kier molecular flexibility index (Phi) is 5.65. The molecule has 3 rings (SSSR count). The molecule has 0 bridgehead atoms. The van der Waals surface area contributed by atoms with E-state index in [1.54, 1.807) is 18.2 Å². The molecule has 0 spiro atoms. The van der Waals surface area contributed by atoms with Crippen molar-refractivity contribution in [3.05, 3.63) is 76.5 Å². The van der Waals surface area contributed by atoms with Crippen LogP contribution in [0.1, 0.15) is 15.9 Å². The van der Waals surface area contributed by atoms with E-state index in [1.165, 1.54) is 6.33 Å². The molecule has 3 aromatic rings. The molecule has 0 saturated carbocycles. The molecule has 26 heavy (non-hydrogen) atoms. The molecule has 2 aromatic carbocycles. The van der Waals surface area contributed by atoms with Gasteiger partial charge in [0, 0.05) is 11.0 Å². The normalized spacial score (nSPS) is 10.2. The van der Waals surface area contributed by atoms with E-state index in [0.29, 0.717) is 33.9 Å². The number of nitrogens with zero attached hydrogens (tertiary/aromatic N) is 2. The van der Waals surface area contributed by atoms with Gasteiger partial charge in [0.05, 0.1) is 5.56 Å². The fourth-order valence-electron chi connectivity index (χ4n) is 2.25. The van der Waals surface area contributed by atoms with E-state index < -0.39 is 0 Å². The second-order valence-electron chi connectivity index (χ2n) is 5.38. The Morgan fingerprint density at radius 3 is 2.46 bits per heavy atom.